The SMILES string of the molecule is O=C(Nc1nccs1)C(c1ncn2c1CCC2)N1Cc2c(cc(-c3ccc([C@@H]4CCNC[C@H]4F)cc3)cc2C(F)F)C1=O. The number of nitrogens with one attached hydrogen (secondary N) is 2. The van der Waals surface area contributed by atoms with Crippen molar-refractivity contribution in [3.8, 4) is 11.1 Å². The van der Waals surface area contributed by atoms with Gasteiger partial charge < -0.3 is 14.8 Å². The first-order valence-electron chi connectivity index (χ1n) is 14.3. The fourth-order valence-corrected chi connectivity index (χ4v) is 7.08. The van der Waals surface area contributed by atoms with Gasteiger partial charge in [0.2, 0.25) is 0 Å². The van der Waals surface area contributed by atoms with Crippen molar-refractivity contribution in [1.29, 1.82) is 0 Å². The van der Waals surface area contributed by atoms with E-state index in [1.807, 2.05) is 16.7 Å². The molecule has 1 fully saturated rings. The van der Waals surface area contributed by atoms with Crippen LogP contribution in [0.2, 0.25) is 0 Å². The summed E-state index contributed by atoms with van der Waals surface area (Å²) in [6.07, 6.45) is 1.67. The van der Waals surface area contributed by atoms with E-state index in [2.05, 4.69) is 20.6 Å². The molecule has 43 heavy (non-hydrogen) atoms. The van der Waals surface area contributed by atoms with Gasteiger partial charge in [0.25, 0.3) is 18.2 Å². The van der Waals surface area contributed by atoms with Crippen LogP contribution in [0.1, 0.15) is 69.7 Å². The highest BCUT2D eigenvalue weighted by atomic mass is 32.1. The van der Waals surface area contributed by atoms with Gasteiger partial charge in [0.05, 0.1) is 12.0 Å². The van der Waals surface area contributed by atoms with Crippen molar-refractivity contribution in [3.05, 3.63) is 87.9 Å². The Bertz CT molecular complexity index is 1670. The third-order valence-corrected chi connectivity index (χ3v) is 9.38. The summed E-state index contributed by atoms with van der Waals surface area (Å²) < 4.78 is 45.5. The number of imidazole rings is 1. The second-order valence-corrected chi connectivity index (χ2v) is 12.1. The number of amides is 2. The molecule has 222 valence electrons. The van der Waals surface area contributed by atoms with E-state index >= 15 is 0 Å². The first-order chi connectivity index (χ1) is 20.9. The normalized spacial score (nSPS) is 20.4. The van der Waals surface area contributed by atoms with Crippen LogP contribution in [0, 0.1) is 0 Å². The van der Waals surface area contributed by atoms with Crippen molar-refractivity contribution in [2.45, 2.75) is 56.9 Å². The average molecular weight is 607 g/mol. The zero-order valence-corrected chi connectivity index (χ0v) is 23.9. The van der Waals surface area contributed by atoms with Crippen molar-refractivity contribution >= 4 is 28.3 Å². The third kappa shape index (κ3) is 5.02. The van der Waals surface area contributed by atoms with Gasteiger partial charge in [0.1, 0.15) is 6.17 Å². The molecule has 0 saturated carbocycles. The van der Waals surface area contributed by atoms with Gasteiger partial charge in [0.15, 0.2) is 11.2 Å². The minimum Gasteiger partial charge on any atom is -0.334 e. The summed E-state index contributed by atoms with van der Waals surface area (Å²) >= 11 is 1.24. The molecule has 0 spiro atoms. The first kappa shape index (κ1) is 27.8. The number of carbonyl (C=O) groups is 2. The number of rotatable bonds is 7. The Balaban J connectivity index is 1.24. The number of thiazole rings is 1. The number of carbonyl (C=O) groups excluding carboxylic acids is 2. The Labute approximate surface area is 250 Å². The lowest BCUT2D eigenvalue weighted by molar-refractivity contribution is -0.121. The van der Waals surface area contributed by atoms with Crippen molar-refractivity contribution < 1.29 is 22.8 Å². The van der Waals surface area contributed by atoms with E-state index in [9.17, 15) is 22.8 Å². The topological polar surface area (TPSA) is 92.2 Å². The van der Waals surface area contributed by atoms with E-state index in [4.69, 9.17) is 0 Å². The number of fused-ring (bicyclic) bond motifs is 2. The standard InChI is InChI=1S/C31H29F3N6O2S/c32-24-14-35-8-7-20(24)18-5-3-17(4-6-18)19-12-21(28(33)34)23-15-40(30(42)22(23)13-19)27(29(41)38-31-36-9-11-43-31)26-25-2-1-10-39(25)16-37-26/h3-6,9,11-13,16,20,24,27-28,35H,1-2,7-8,10,14-15H2,(H,36,38,41)/t20-,24+,27?/m0/s1. The van der Waals surface area contributed by atoms with Crippen LogP contribution in [0.15, 0.2) is 54.3 Å². The monoisotopic (exact) mass is 606 g/mol. The zero-order chi connectivity index (χ0) is 29.7. The molecule has 1 unspecified atom stereocenters. The summed E-state index contributed by atoms with van der Waals surface area (Å²) in [5.74, 6) is -1.23. The fourth-order valence-electron chi connectivity index (χ4n) is 6.55. The Hall–Kier alpha value is -4.03. The van der Waals surface area contributed by atoms with Crippen LogP contribution in [-0.4, -0.2) is 50.5 Å². The molecule has 2 amide bonds. The minimum atomic E-state index is -2.83. The second-order valence-electron chi connectivity index (χ2n) is 11.2. The molecular weight excluding hydrogens is 577 g/mol. The van der Waals surface area contributed by atoms with Gasteiger partial charge in [-0.1, -0.05) is 24.3 Å². The summed E-state index contributed by atoms with van der Waals surface area (Å²) in [6.45, 7) is 1.65. The molecular formula is C31H29F3N6O2S. The van der Waals surface area contributed by atoms with Crippen LogP contribution in [0.25, 0.3) is 11.1 Å². The van der Waals surface area contributed by atoms with Crippen molar-refractivity contribution in [1.82, 2.24) is 24.8 Å². The van der Waals surface area contributed by atoms with E-state index in [1.54, 1.807) is 36.1 Å². The lowest BCUT2D eigenvalue weighted by atomic mass is 9.87. The van der Waals surface area contributed by atoms with Gasteiger partial charge in [-0.15, -0.1) is 11.3 Å². The maximum atomic E-state index is 14.5. The molecule has 3 atom stereocenters. The molecule has 3 aliphatic heterocycles. The first-order valence-corrected chi connectivity index (χ1v) is 15.2. The lowest BCUT2D eigenvalue weighted by Gasteiger charge is -2.27. The molecule has 0 radical (unpaired) electrons. The Kier molecular flexibility index (Phi) is 7.26. The number of aryl methyl sites for hydroxylation is 1. The lowest BCUT2D eigenvalue weighted by Crippen LogP contribution is -2.38. The van der Waals surface area contributed by atoms with E-state index in [0.29, 0.717) is 41.3 Å². The molecule has 12 heteroatoms. The van der Waals surface area contributed by atoms with Crippen molar-refractivity contribution in [2.24, 2.45) is 0 Å². The molecule has 2 aromatic heterocycles. The highest BCUT2D eigenvalue weighted by Gasteiger charge is 2.42. The van der Waals surface area contributed by atoms with Crippen LogP contribution >= 0.6 is 11.3 Å². The molecule has 2 N–H and O–H groups in total. The molecule has 0 aliphatic carbocycles. The summed E-state index contributed by atoms with van der Waals surface area (Å²) in [4.78, 5) is 37.7. The Morgan fingerprint density at radius 1 is 1.14 bits per heavy atom. The van der Waals surface area contributed by atoms with Crippen LogP contribution in [-0.2, 0) is 24.3 Å². The minimum absolute atomic E-state index is 0.141. The molecule has 5 heterocycles. The largest absolute Gasteiger partial charge is 0.334 e. The van der Waals surface area contributed by atoms with Gasteiger partial charge in [-0.25, -0.2) is 23.1 Å². The molecule has 4 aromatic rings. The quantitative estimate of drug-likeness (QED) is 0.284. The van der Waals surface area contributed by atoms with Crippen LogP contribution in [0.3, 0.4) is 0 Å². The van der Waals surface area contributed by atoms with Gasteiger partial charge in [-0.3, -0.25) is 14.9 Å². The third-order valence-electron chi connectivity index (χ3n) is 8.69. The van der Waals surface area contributed by atoms with Gasteiger partial charge in [0, 0.05) is 53.9 Å². The maximum Gasteiger partial charge on any atom is 0.264 e. The summed E-state index contributed by atoms with van der Waals surface area (Å²) in [7, 11) is 0. The van der Waals surface area contributed by atoms with E-state index in [-0.39, 0.29) is 29.2 Å². The van der Waals surface area contributed by atoms with Crippen LogP contribution < -0.4 is 10.6 Å². The molecule has 3 aliphatic rings. The Morgan fingerprint density at radius 2 is 1.98 bits per heavy atom. The number of benzene rings is 2. The zero-order valence-electron chi connectivity index (χ0n) is 23.1. The summed E-state index contributed by atoms with van der Waals surface area (Å²) in [5, 5.41) is 7.93. The number of alkyl halides is 3. The molecule has 0 bridgehead atoms. The number of hydrogen-bond acceptors (Lipinski definition) is 6. The second kappa shape index (κ2) is 11.2. The fraction of sp³-hybridized carbons (Fsp3) is 0.355. The predicted molar refractivity (Wildman–Crippen MR) is 156 cm³/mol. The smallest absolute Gasteiger partial charge is 0.264 e. The molecule has 1 saturated heterocycles. The van der Waals surface area contributed by atoms with Crippen molar-refractivity contribution in [2.75, 3.05) is 18.4 Å². The molecule has 8 nitrogen and oxygen atoms in total. The number of halogens is 3. The number of piperidine rings is 1. The van der Waals surface area contributed by atoms with E-state index in [0.717, 1.165) is 30.8 Å². The number of hydrogen-bond donors (Lipinski definition) is 2. The van der Waals surface area contributed by atoms with Crippen LogP contribution in [0.4, 0.5) is 18.3 Å². The number of anilines is 1. The van der Waals surface area contributed by atoms with Gasteiger partial charge >= 0.3 is 0 Å². The van der Waals surface area contributed by atoms with Gasteiger partial charge in [-0.05, 0) is 60.2 Å². The maximum absolute atomic E-state index is 14.5. The van der Waals surface area contributed by atoms with Crippen molar-refractivity contribution in [3.63, 3.8) is 0 Å². The Morgan fingerprint density at radius 3 is 2.72 bits per heavy atom. The summed E-state index contributed by atoms with van der Waals surface area (Å²) in [6, 6.07) is 9.16. The predicted octanol–water partition coefficient (Wildman–Crippen LogP) is 5.64. The number of nitrogens with zero attached hydrogens (tertiary/aromatic N) is 4. The van der Waals surface area contributed by atoms with E-state index in [1.165, 1.54) is 22.3 Å². The molecule has 7 rings (SSSR count). The highest BCUT2D eigenvalue weighted by molar-refractivity contribution is 7.13. The highest BCUT2D eigenvalue weighted by Crippen LogP contribution is 2.41. The van der Waals surface area contributed by atoms with Gasteiger partial charge in [-0.2, -0.15) is 0 Å². The summed E-state index contributed by atoms with van der Waals surface area (Å²) in [5.41, 5.74) is 3.38. The molecule has 2 aromatic carbocycles. The average Bonchev–Trinajstić information content (AvgIpc) is 3.81. The van der Waals surface area contributed by atoms with Crippen LogP contribution in [0.5, 0.6) is 0 Å². The van der Waals surface area contributed by atoms with E-state index < -0.39 is 30.5 Å². The number of aromatic nitrogens is 3.